The van der Waals surface area contributed by atoms with Gasteiger partial charge in [0.25, 0.3) is 0 Å². The minimum atomic E-state index is -4.49. The molecule has 0 aliphatic rings. The van der Waals surface area contributed by atoms with Gasteiger partial charge in [-0.1, -0.05) is 24.3 Å². The summed E-state index contributed by atoms with van der Waals surface area (Å²) >= 11 is 0. The zero-order valence-corrected chi connectivity index (χ0v) is 12.6. The molecule has 0 bridgehead atoms. The Morgan fingerprint density at radius 2 is 1.96 bits per heavy atom. The number of aromatic nitrogens is 2. The number of amides is 1. The number of aryl methyl sites for hydroxylation is 1. The van der Waals surface area contributed by atoms with Gasteiger partial charge in [-0.2, -0.15) is 13.2 Å². The molecule has 23 heavy (non-hydrogen) atoms. The van der Waals surface area contributed by atoms with E-state index in [1.165, 1.54) is 4.57 Å². The fourth-order valence-electron chi connectivity index (χ4n) is 2.21. The Balaban J connectivity index is 2.32. The predicted octanol–water partition coefficient (Wildman–Crippen LogP) is 3.92. The van der Waals surface area contributed by atoms with Crippen LogP contribution in [0.25, 0.3) is 11.4 Å². The normalized spacial score (nSPS) is 12.9. The van der Waals surface area contributed by atoms with Crippen LogP contribution >= 0.6 is 0 Å². The number of halogens is 3. The maximum Gasteiger partial charge on any atom is 0.434 e. The summed E-state index contributed by atoms with van der Waals surface area (Å²) in [4.78, 5) is 14.3. The van der Waals surface area contributed by atoms with Gasteiger partial charge in [-0.05, 0) is 19.4 Å². The number of nitrogens with one attached hydrogen (secondary N) is 1. The lowest BCUT2D eigenvalue weighted by Crippen LogP contribution is -2.24. The highest BCUT2D eigenvalue weighted by molar-refractivity contribution is 5.65. The molecule has 8 heteroatoms. The first-order valence-corrected chi connectivity index (χ1v) is 6.96. The van der Waals surface area contributed by atoms with Crippen LogP contribution in [-0.2, 0) is 12.7 Å². The van der Waals surface area contributed by atoms with Crippen molar-refractivity contribution in [3.8, 4) is 11.4 Å². The lowest BCUT2D eigenvalue weighted by atomic mass is 10.1. The van der Waals surface area contributed by atoms with Gasteiger partial charge in [-0.3, -0.25) is 0 Å². The van der Waals surface area contributed by atoms with Crippen LogP contribution in [-0.4, -0.2) is 20.8 Å². The minimum Gasteiger partial charge on any atom is -0.465 e. The molecule has 124 valence electrons. The highest BCUT2D eigenvalue weighted by Crippen LogP contribution is 2.31. The van der Waals surface area contributed by atoms with Crippen LogP contribution in [0, 0.1) is 0 Å². The lowest BCUT2D eigenvalue weighted by molar-refractivity contribution is -0.140. The quantitative estimate of drug-likeness (QED) is 0.894. The second-order valence-electron chi connectivity index (χ2n) is 5.03. The number of nitrogens with zero attached hydrogens (tertiary/aromatic N) is 2. The molecule has 2 rings (SSSR count). The van der Waals surface area contributed by atoms with E-state index in [1.807, 2.05) is 0 Å². The van der Waals surface area contributed by atoms with E-state index in [1.54, 1.807) is 38.1 Å². The maximum absolute atomic E-state index is 12.8. The highest BCUT2D eigenvalue weighted by Gasteiger charge is 2.34. The van der Waals surface area contributed by atoms with Gasteiger partial charge in [0.15, 0.2) is 5.69 Å². The molecule has 0 saturated heterocycles. The molecule has 0 saturated carbocycles. The molecule has 0 aliphatic heterocycles. The van der Waals surface area contributed by atoms with E-state index >= 15 is 0 Å². The van der Waals surface area contributed by atoms with Crippen LogP contribution in [0.4, 0.5) is 18.0 Å². The van der Waals surface area contributed by atoms with E-state index < -0.39 is 24.0 Å². The number of carbonyl (C=O) groups is 1. The summed E-state index contributed by atoms with van der Waals surface area (Å²) in [6.07, 6.45) is -4.65. The van der Waals surface area contributed by atoms with Gasteiger partial charge < -0.3 is 15.0 Å². The average Bonchev–Trinajstić information content (AvgIpc) is 2.91. The molecule has 1 amide bonds. The van der Waals surface area contributed by atoms with E-state index in [0.717, 1.165) is 6.20 Å². The molecule has 1 unspecified atom stereocenters. The summed E-state index contributed by atoms with van der Waals surface area (Å²) in [5.74, 6) is 0.227. The number of hydrogen-bond acceptors (Lipinski definition) is 2. The van der Waals surface area contributed by atoms with Crippen LogP contribution < -0.4 is 5.32 Å². The molecule has 2 aromatic rings. The maximum atomic E-state index is 12.8. The summed E-state index contributed by atoms with van der Waals surface area (Å²) < 4.78 is 39.8. The molecule has 5 nitrogen and oxygen atoms in total. The van der Waals surface area contributed by atoms with Crippen molar-refractivity contribution in [1.29, 1.82) is 0 Å². The van der Waals surface area contributed by atoms with Gasteiger partial charge in [0, 0.05) is 18.3 Å². The van der Waals surface area contributed by atoms with Crippen LogP contribution in [0.2, 0.25) is 0 Å². The van der Waals surface area contributed by atoms with Gasteiger partial charge in [-0.25, -0.2) is 9.78 Å². The standard InChI is InChI=1S/C15H16F3N3O2/c1-3-21-8-12(15(16,17)18)20-13(21)11-6-4-10(5-7-11)9(2)19-14(22)23/h4-9,19H,3H2,1-2H3,(H,22,23). The Bertz CT molecular complexity index is 693. The van der Waals surface area contributed by atoms with E-state index in [0.29, 0.717) is 17.7 Å². The summed E-state index contributed by atoms with van der Waals surface area (Å²) in [5.41, 5.74) is 0.315. The van der Waals surface area contributed by atoms with Crippen LogP contribution in [0.15, 0.2) is 30.5 Å². The van der Waals surface area contributed by atoms with Crippen molar-refractivity contribution in [1.82, 2.24) is 14.9 Å². The Kier molecular flexibility index (Phi) is 4.63. The van der Waals surface area contributed by atoms with Gasteiger partial charge in [0.05, 0.1) is 6.04 Å². The van der Waals surface area contributed by atoms with Crippen molar-refractivity contribution in [2.75, 3.05) is 0 Å². The molecule has 0 radical (unpaired) electrons. The Morgan fingerprint density at radius 1 is 1.35 bits per heavy atom. The van der Waals surface area contributed by atoms with E-state index in [9.17, 15) is 18.0 Å². The zero-order valence-electron chi connectivity index (χ0n) is 12.6. The monoisotopic (exact) mass is 327 g/mol. The van der Waals surface area contributed by atoms with Crippen molar-refractivity contribution in [3.63, 3.8) is 0 Å². The molecule has 1 atom stereocenters. The molecular weight excluding hydrogens is 311 g/mol. The third-order valence-electron chi connectivity index (χ3n) is 3.42. The third-order valence-corrected chi connectivity index (χ3v) is 3.42. The summed E-state index contributed by atoms with van der Waals surface area (Å²) in [6.45, 7) is 3.77. The Hall–Kier alpha value is -2.51. The van der Waals surface area contributed by atoms with Crippen molar-refractivity contribution < 1.29 is 23.1 Å². The van der Waals surface area contributed by atoms with E-state index in [4.69, 9.17) is 5.11 Å². The second-order valence-corrected chi connectivity index (χ2v) is 5.03. The van der Waals surface area contributed by atoms with Crippen molar-refractivity contribution in [2.24, 2.45) is 0 Å². The van der Waals surface area contributed by atoms with Gasteiger partial charge in [-0.15, -0.1) is 0 Å². The summed E-state index contributed by atoms with van der Waals surface area (Å²) in [7, 11) is 0. The number of benzene rings is 1. The van der Waals surface area contributed by atoms with Crippen molar-refractivity contribution in [3.05, 3.63) is 41.7 Å². The topological polar surface area (TPSA) is 67.2 Å². The number of imidazole rings is 1. The molecule has 2 N–H and O–H groups in total. The number of rotatable bonds is 4. The Labute approximate surface area is 130 Å². The number of carboxylic acid groups (broad SMARTS) is 1. The second kappa shape index (κ2) is 6.31. The van der Waals surface area contributed by atoms with Gasteiger partial charge in [0.1, 0.15) is 5.82 Å². The summed E-state index contributed by atoms with van der Waals surface area (Å²) in [6, 6.07) is 6.17. The molecule has 0 aliphatic carbocycles. The SMILES string of the molecule is CCn1cc(C(F)(F)F)nc1-c1ccc(C(C)NC(=O)O)cc1. The average molecular weight is 327 g/mol. The van der Waals surface area contributed by atoms with Crippen LogP contribution in [0.3, 0.4) is 0 Å². The largest absolute Gasteiger partial charge is 0.465 e. The highest BCUT2D eigenvalue weighted by atomic mass is 19.4. The zero-order chi connectivity index (χ0) is 17.2. The van der Waals surface area contributed by atoms with Gasteiger partial charge in [0.2, 0.25) is 0 Å². The van der Waals surface area contributed by atoms with Crippen molar-refractivity contribution in [2.45, 2.75) is 32.6 Å². The Morgan fingerprint density at radius 3 is 2.43 bits per heavy atom. The van der Waals surface area contributed by atoms with Gasteiger partial charge >= 0.3 is 12.3 Å². The minimum absolute atomic E-state index is 0.227. The molecule has 1 aromatic heterocycles. The van der Waals surface area contributed by atoms with E-state index in [2.05, 4.69) is 10.3 Å². The smallest absolute Gasteiger partial charge is 0.434 e. The van der Waals surface area contributed by atoms with Crippen molar-refractivity contribution >= 4 is 6.09 Å². The molecule has 0 fully saturated rings. The number of alkyl halides is 3. The third kappa shape index (κ3) is 3.82. The first-order valence-electron chi connectivity index (χ1n) is 6.96. The van der Waals surface area contributed by atoms with Crippen LogP contribution in [0.1, 0.15) is 31.1 Å². The molecule has 1 aromatic carbocycles. The predicted molar refractivity (Wildman–Crippen MR) is 77.9 cm³/mol. The summed E-state index contributed by atoms with van der Waals surface area (Å²) in [5, 5.41) is 11.0. The fourth-order valence-corrected chi connectivity index (χ4v) is 2.21. The molecular formula is C15H16F3N3O2. The molecule has 0 spiro atoms. The first kappa shape index (κ1) is 16.9. The first-order chi connectivity index (χ1) is 10.7. The van der Waals surface area contributed by atoms with Crippen LogP contribution in [0.5, 0.6) is 0 Å². The lowest BCUT2D eigenvalue weighted by Gasteiger charge is -2.12. The number of hydrogen-bond donors (Lipinski definition) is 2. The fraction of sp³-hybridized carbons (Fsp3) is 0.333. The molecule has 1 heterocycles. The van der Waals surface area contributed by atoms with E-state index in [-0.39, 0.29) is 5.82 Å².